The number of ether oxygens (including phenoxy) is 1. The van der Waals surface area contributed by atoms with E-state index in [1.54, 1.807) is 0 Å². The minimum atomic E-state index is -0.186. The van der Waals surface area contributed by atoms with Crippen molar-refractivity contribution in [2.24, 2.45) is 5.92 Å². The maximum atomic E-state index is 13.0. The average Bonchev–Trinajstić information content (AvgIpc) is 2.85. The third-order valence-electron chi connectivity index (χ3n) is 3.69. The van der Waals surface area contributed by atoms with Crippen molar-refractivity contribution in [1.82, 2.24) is 5.32 Å². The molecule has 106 valence electrons. The molecular weight excluding hydrogens is 243 g/mol. The van der Waals surface area contributed by atoms with Crippen molar-refractivity contribution in [3.63, 3.8) is 0 Å². The highest BCUT2D eigenvalue weighted by atomic mass is 19.1. The van der Waals surface area contributed by atoms with Crippen LogP contribution in [0.4, 0.5) is 10.1 Å². The van der Waals surface area contributed by atoms with Crippen LogP contribution in [0, 0.1) is 11.7 Å². The number of halogens is 1. The molecule has 0 amide bonds. The van der Waals surface area contributed by atoms with Gasteiger partial charge in [-0.25, -0.2) is 4.39 Å². The van der Waals surface area contributed by atoms with E-state index in [1.807, 2.05) is 12.1 Å². The molecule has 1 heterocycles. The van der Waals surface area contributed by atoms with E-state index in [1.165, 1.54) is 12.1 Å². The first-order valence-electron chi connectivity index (χ1n) is 7.06. The monoisotopic (exact) mass is 266 g/mol. The zero-order valence-electron chi connectivity index (χ0n) is 11.7. The van der Waals surface area contributed by atoms with Crippen molar-refractivity contribution in [3.8, 4) is 0 Å². The molecule has 2 unspecified atom stereocenters. The Morgan fingerprint density at radius 3 is 2.63 bits per heavy atom. The van der Waals surface area contributed by atoms with Crippen molar-refractivity contribution in [2.45, 2.75) is 19.9 Å². The van der Waals surface area contributed by atoms with Gasteiger partial charge in [0, 0.05) is 30.7 Å². The number of hydrogen-bond acceptors (Lipinski definition) is 3. The van der Waals surface area contributed by atoms with E-state index in [9.17, 15) is 4.39 Å². The Kier molecular flexibility index (Phi) is 5.16. The Morgan fingerprint density at radius 2 is 2.00 bits per heavy atom. The lowest BCUT2D eigenvalue weighted by atomic mass is 10.0. The summed E-state index contributed by atoms with van der Waals surface area (Å²) >= 11 is 0. The number of rotatable bonds is 6. The minimum absolute atomic E-state index is 0.186. The largest absolute Gasteiger partial charge is 0.379 e. The van der Waals surface area contributed by atoms with Crippen LogP contribution in [0.5, 0.6) is 0 Å². The Labute approximate surface area is 114 Å². The van der Waals surface area contributed by atoms with Crippen molar-refractivity contribution < 1.29 is 9.13 Å². The standard InChI is InChI=1S/C15H23FN2O/c1-3-17-15-11-19-10-12(15)9-18(4-2)14-7-5-13(16)6-8-14/h5-8,12,15,17H,3-4,9-11H2,1-2H3. The molecule has 1 saturated heterocycles. The van der Waals surface area contributed by atoms with Gasteiger partial charge in [-0.05, 0) is 37.7 Å². The summed E-state index contributed by atoms with van der Waals surface area (Å²) in [5, 5.41) is 3.47. The SMILES string of the molecule is CCNC1COCC1CN(CC)c1ccc(F)cc1. The van der Waals surface area contributed by atoms with E-state index in [4.69, 9.17) is 4.74 Å². The zero-order chi connectivity index (χ0) is 13.7. The number of hydrogen-bond donors (Lipinski definition) is 1. The van der Waals surface area contributed by atoms with Crippen molar-refractivity contribution in [2.75, 3.05) is 37.7 Å². The third-order valence-corrected chi connectivity index (χ3v) is 3.69. The first-order valence-corrected chi connectivity index (χ1v) is 7.06. The summed E-state index contributed by atoms with van der Waals surface area (Å²) in [6, 6.07) is 7.16. The summed E-state index contributed by atoms with van der Waals surface area (Å²) in [5.74, 6) is 0.305. The summed E-state index contributed by atoms with van der Waals surface area (Å²) in [6.07, 6.45) is 0. The van der Waals surface area contributed by atoms with Crippen molar-refractivity contribution in [3.05, 3.63) is 30.1 Å². The fraction of sp³-hybridized carbons (Fsp3) is 0.600. The Bertz CT molecular complexity index is 382. The second-order valence-electron chi connectivity index (χ2n) is 4.98. The van der Waals surface area contributed by atoms with E-state index in [2.05, 4.69) is 24.1 Å². The molecular formula is C15H23FN2O. The number of nitrogens with one attached hydrogen (secondary N) is 1. The lowest BCUT2D eigenvalue weighted by molar-refractivity contribution is 0.183. The summed E-state index contributed by atoms with van der Waals surface area (Å²) in [5.41, 5.74) is 1.08. The first kappa shape index (κ1) is 14.3. The molecule has 0 spiro atoms. The van der Waals surface area contributed by atoms with Gasteiger partial charge in [0.25, 0.3) is 0 Å². The number of benzene rings is 1. The van der Waals surface area contributed by atoms with Crippen LogP contribution in [0.15, 0.2) is 24.3 Å². The van der Waals surface area contributed by atoms with Crippen LogP contribution in [0.3, 0.4) is 0 Å². The summed E-state index contributed by atoms with van der Waals surface area (Å²) in [7, 11) is 0. The Balaban J connectivity index is 2.00. The Morgan fingerprint density at radius 1 is 1.26 bits per heavy atom. The molecule has 0 bridgehead atoms. The van der Waals surface area contributed by atoms with Gasteiger partial charge in [0.05, 0.1) is 13.2 Å². The molecule has 1 aliphatic rings. The van der Waals surface area contributed by atoms with Gasteiger partial charge in [-0.3, -0.25) is 0 Å². The lowest BCUT2D eigenvalue weighted by Crippen LogP contribution is -2.41. The third kappa shape index (κ3) is 3.67. The maximum absolute atomic E-state index is 13.0. The Hall–Kier alpha value is -1.13. The number of anilines is 1. The molecule has 19 heavy (non-hydrogen) atoms. The number of likely N-dealkylation sites (N-methyl/N-ethyl adjacent to an activating group) is 1. The molecule has 2 rings (SSSR count). The van der Waals surface area contributed by atoms with Crippen LogP contribution >= 0.6 is 0 Å². The van der Waals surface area contributed by atoms with E-state index < -0.39 is 0 Å². The molecule has 0 aromatic heterocycles. The second kappa shape index (κ2) is 6.87. The smallest absolute Gasteiger partial charge is 0.123 e. The van der Waals surface area contributed by atoms with Gasteiger partial charge in [-0.2, -0.15) is 0 Å². The van der Waals surface area contributed by atoms with Crippen LogP contribution in [-0.4, -0.2) is 38.9 Å². The van der Waals surface area contributed by atoms with Crippen LogP contribution in [-0.2, 0) is 4.74 Å². The maximum Gasteiger partial charge on any atom is 0.123 e. The molecule has 0 radical (unpaired) electrons. The molecule has 1 aliphatic heterocycles. The van der Waals surface area contributed by atoms with E-state index in [0.29, 0.717) is 12.0 Å². The molecule has 1 N–H and O–H groups in total. The summed E-state index contributed by atoms with van der Waals surface area (Å²) in [4.78, 5) is 2.28. The number of nitrogens with zero attached hydrogens (tertiary/aromatic N) is 1. The van der Waals surface area contributed by atoms with E-state index in [0.717, 1.165) is 38.5 Å². The van der Waals surface area contributed by atoms with Crippen LogP contribution in [0.25, 0.3) is 0 Å². The van der Waals surface area contributed by atoms with Crippen LogP contribution in [0.2, 0.25) is 0 Å². The highest BCUT2D eigenvalue weighted by molar-refractivity contribution is 5.46. The molecule has 0 saturated carbocycles. The predicted molar refractivity (Wildman–Crippen MR) is 76.1 cm³/mol. The fourth-order valence-electron chi connectivity index (χ4n) is 2.62. The van der Waals surface area contributed by atoms with Gasteiger partial charge >= 0.3 is 0 Å². The highest BCUT2D eigenvalue weighted by Crippen LogP contribution is 2.20. The van der Waals surface area contributed by atoms with Crippen LogP contribution in [0.1, 0.15) is 13.8 Å². The van der Waals surface area contributed by atoms with Crippen molar-refractivity contribution >= 4 is 5.69 Å². The molecule has 1 aromatic rings. The summed E-state index contributed by atoms with van der Waals surface area (Å²) < 4.78 is 18.5. The molecule has 3 nitrogen and oxygen atoms in total. The van der Waals surface area contributed by atoms with Gasteiger partial charge in [0.1, 0.15) is 5.82 Å². The van der Waals surface area contributed by atoms with Gasteiger partial charge < -0.3 is 15.0 Å². The normalized spacial score (nSPS) is 22.7. The molecule has 1 aromatic carbocycles. The molecule has 4 heteroatoms. The topological polar surface area (TPSA) is 24.5 Å². The summed E-state index contributed by atoms with van der Waals surface area (Å²) in [6.45, 7) is 8.66. The second-order valence-corrected chi connectivity index (χ2v) is 4.98. The quantitative estimate of drug-likeness (QED) is 0.855. The van der Waals surface area contributed by atoms with Crippen molar-refractivity contribution in [1.29, 1.82) is 0 Å². The lowest BCUT2D eigenvalue weighted by Gasteiger charge is -2.28. The highest BCUT2D eigenvalue weighted by Gasteiger charge is 2.28. The molecule has 0 aliphatic carbocycles. The van der Waals surface area contributed by atoms with Gasteiger partial charge in [0.15, 0.2) is 0 Å². The first-order chi connectivity index (χ1) is 9.24. The van der Waals surface area contributed by atoms with E-state index >= 15 is 0 Å². The van der Waals surface area contributed by atoms with E-state index in [-0.39, 0.29) is 5.82 Å². The van der Waals surface area contributed by atoms with Gasteiger partial charge in [0.2, 0.25) is 0 Å². The predicted octanol–water partition coefficient (Wildman–Crippen LogP) is 2.28. The minimum Gasteiger partial charge on any atom is -0.379 e. The molecule has 2 atom stereocenters. The van der Waals surface area contributed by atoms with Gasteiger partial charge in [-0.15, -0.1) is 0 Å². The fourth-order valence-corrected chi connectivity index (χ4v) is 2.62. The van der Waals surface area contributed by atoms with Crippen LogP contribution < -0.4 is 10.2 Å². The zero-order valence-corrected chi connectivity index (χ0v) is 11.7. The molecule has 1 fully saturated rings. The average molecular weight is 266 g/mol. The van der Waals surface area contributed by atoms with Gasteiger partial charge in [-0.1, -0.05) is 6.92 Å².